The maximum Gasteiger partial charge on any atom is 0.126 e. The van der Waals surface area contributed by atoms with E-state index in [1.54, 1.807) is 13.0 Å². The van der Waals surface area contributed by atoms with Crippen LogP contribution in [0.3, 0.4) is 0 Å². The Bertz CT molecular complexity index is 354. The van der Waals surface area contributed by atoms with Crippen LogP contribution in [0.4, 0.5) is 4.39 Å². The lowest BCUT2D eigenvalue weighted by molar-refractivity contribution is 0.208. The molecule has 0 amide bonds. The van der Waals surface area contributed by atoms with Crippen molar-refractivity contribution in [2.75, 3.05) is 0 Å². The molecule has 0 spiro atoms. The van der Waals surface area contributed by atoms with E-state index in [9.17, 15) is 4.39 Å². The predicted molar refractivity (Wildman–Crippen MR) is 70.1 cm³/mol. The molecule has 17 heavy (non-hydrogen) atoms. The van der Waals surface area contributed by atoms with Gasteiger partial charge in [-0.25, -0.2) is 4.39 Å². The fraction of sp³-hybridized carbons (Fsp3) is 0.600. The Morgan fingerprint density at radius 1 is 1.06 bits per heavy atom. The molecule has 0 heterocycles. The van der Waals surface area contributed by atoms with E-state index >= 15 is 0 Å². The molecule has 1 nitrogen and oxygen atoms in total. The van der Waals surface area contributed by atoms with Crippen molar-refractivity contribution in [2.45, 2.75) is 59.5 Å². The highest BCUT2D eigenvalue weighted by atomic mass is 19.1. The molecule has 1 aliphatic rings. The Hall–Kier alpha value is -1.05. The van der Waals surface area contributed by atoms with Crippen LogP contribution in [0, 0.1) is 19.7 Å². The molecule has 1 aromatic carbocycles. The van der Waals surface area contributed by atoms with Crippen molar-refractivity contribution in [3.8, 4) is 5.75 Å². The maximum absolute atomic E-state index is 13.2. The quantitative estimate of drug-likeness (QED) is 0.719. The largest absolute Gasteiger partial charge is 0.490 e. The molecule has 0 aliphatic heterocycles. The van der Waals surface area contributed by atoms with Crippen molar-refractivity contribution in [2.24, 2.45) is 0 Å². The van der Waals surface area contributed by atoms with Gasteiger partial charge in [-0.15, -0.1) is 0 Å². The second kappa shape index (κ2) is 6.63. The van der Waals surface area contributed by atoms with Crippen LogP contribution in [0.1, 0.15) is 50.7 Å². The SMILES string of the molecule is CC.Cc1cc(OC2CCCC2)c(C)cc1F. The summed E-state index contributed by atoms with van der Waals surface area (Å²) < 4.78 is 19.1. The fourth-order valence-electron chi connectivity index (χ4n) is 2.07. The molecule has 96 valence electrons. The molecular weight excluding hydrogens is 215 g/mol. The second-order valence-electron chi connectivity index (χ2n) is 4.39. The monoisotopic (exact) mass is 238 g/mol. The number of hydrogen-bond donors (Lipinski definition) is 0. The second-order valence-corrected chi connectivity index (χ2v) is 4.39. The summed E-state index contributed by atoms with van der Waals surface area (Å²) in [5.41, 5.74) is 1.55. The van der Waals surface area contributed by atoms with Crippen LogP contribution < -0.4 is 4.74 Å². The van der Waals surface area contributed by atoms with E-state index in [0.717, 1.165) is 24.2 Å². The molecule has 0 unspecified atom stereocenters. The van der Waals surface area contributed by atoms with E-state index in [-0.39, 0.29) is 5.82 Å². The first-order chi connectivity index (χ1) is 8.16. The average Bonchev–Trinajstić information content (AvgIpc) is 2.81. The number of ether oxygens (including phenoxy) is 1. The molecule has 1 fully saturated rings. The zero-order valence-electron chi connectivity index (χ0n) is 11.3. The van der Waals surface area contributed by atoms with Gasteiger partial charge >= 0.3 is 0 Å². The van der Waals surface area contributed by atoms with Gasteiger partial charge in [0.15, 0.2) is 0 Å². The lowest BCUT2D eigenvalue weighted by Gasteiger charge is -2.15. The lowest BCUT2D eigenvalue weighted by atomic mass is 10.1. The Kier molecular flexibility index (Phi) is 5.46. The summed E-state index contributed by atoms with van der Waals surface area (Å²) in [6, 6.07) is 3.36. The molecule has 0 saturated heterocycles. The van der Waals surface area contributed by atoms with Crippen LogP contribution in [-0.2, 0) is 0 Å². The van der Waals surface area contributed by atoms with E-state index < -0.39 is 0 Å². The molecular formula is C15H23FO. The molecule has 2 rings (SSSR count). The summed E-state index contributed by atoms with van der Waals surface area (Å²) in [5.74, 6) is 0.701. The zero-order chi connectivity index (χ0) is 12.8. The summed E-state index contributed by atoms with van der Waals surface area (Å²) in [6.45, 7) is 7.67. The predicted octanol–water partition coefficient (Wildman–Crippen LogP) is 4.79. The Balaban J connectivity index is 0.000000686. The molecule has 0 aromatic heterocycles. The van der Waals surface area contributed by atoms with Crippen LogP contribution in [0.5, 0.6) is 5.75 Å². The number of hydrogen-bond acceptors (Lipinski definition) is 1. The van der Waals surface area contributed by atoms with Gasteiger partial charge in [-0.2, -0.15) is 0 Å². The Morgan fingerprint density at radius 3 is 2.24 bits per heavy atom. The van der Waals surface area contributed by atoms with Gasteiger partial charge in [0, 0.05) is 0 Å². The minimum Gasteiger partial charge on any atom is -0.490 e. The summed E-state index contributed by atoms with van der Waals surface area (Å²) in [6.07, 6.45) is 5.12. The van der Waals surface area contributed by atoms with Gasteiger partial charge in [0.25, 0.3) is 0 Å². The standard InChI is InChI=1S/C13H17FO.C2H6/c1-9-8-13(10(2)7-12(9)14)15-11-5-3-4-6-11;1-2/h7-8,11H,3-6H2,1-2H3;1-2H3. The van der Waals surface area contributed by atoms with E-state index in [0.29, 0.717) is 11.7 Å². The third-order valence-corrected chi connectivity index (χ3v) is 3.05. The molecule has 0 radical (unpaired) electrons. The first kappa shape index (κ1) is 14.0. The molecule has 0 bridgehead atoms. The first-order valence-corrected chi connectivity index (χ1v) is 6.60. The molecule has 0 N–H and O–H groups in total. The molecule has 0 atom stereocenters. The third-order valence-electron chi connectivity index (χ3n) is 3.05. The summed E-state index contributed by atoms with van der Waals surface area (Å²) in [4.78, 5) is 0. The highest BCUT2D eigenvalue weighted by Crippen LogP contribution is 2.28. The van der Waals surface area contributed by atoms with Gasteiger partial charge in [0.1, 0.15) is 11.6 Å². The van der Waals surface area contributed by atoms with Crippen LogP contribution in [0.15, 0.2) is 12.1 Å². The Morgan fingerprint density at radius 2 is 1.65 bits per heavy atom. The maximum atomic E-state index is 13.2. The molecule has 1 aromatic rings. The van der Waals surface area contributed by atoms with Crippen molar-refractivity contribution in [1.29, 1.82) is 0 Å². The smallest absolute Gasteiger partial charge is 0.126 e. The number of aryl methyl sites for hydroxylation is 2. The topological polar surface area (TPSA) is 9.23 Å². The van der Waals surface area contributed by atoms with E-state index in [2.05, 4.69) is 0 Å². The number of benzene rings is 1. The minimum absolute atomic E-state index is 0.147. The third kappa shape index (κ3) is 3.72. The first-order valence-electron chi connectivity index (χ1n) is 6.60. The van der Waals surface area contributed by atoms with Crippen molar-refractivity contribution < 1.29 is 9.13 Å². The molecule has 1 saturated carbocycles. The Labute approximate surface area is 104 Å². The summed E-state index contributed by atoms with van der Waals surface area (Å²) in [7, 11) is 0. The van der Waals surface area contributed by atoms with Crippen molar-refractivity contribution in [3.63, 3.8) is 0 Å². The molecule has 2 heteroatoms. The highest BCUT2D eigenvalue weighted by molar-refractivity contribution is 5.37. The summed E-state index contributed by atoms with van der Waals surface area (Å²) >= 11 is 0. The van der Waals surface area contributed by atoms with Crippen molar-refractivity contribution >= 4 is 0 Å². The van der Waals surface area contributed by atoms with Crippen LogP contribution in [-0.4, -0.2) is 6.10 Å². The van der Waals surface area contributed by atoms with E-state index in [1.807, 2.05) is 26.8 Å². The number of halogens is 1. The zero-order valence-corrected chi connectivity index (χ0v) is 11.3. The van der Waals surface area contributed by atoms with Gasteiger partial charge in [-0.3, -0.25) is 0 Å². The van der Waals surface area contributed by atoms with Gasteiger partial charge in [0.05, 0.1) is 6.10 Å². The highest BCUT2D eigenvalue weighted by Gasteiger charge is 2.17. The minimum atomic E-state index is -0.147. The van der Waals surface area contributed by atoms with Crippen LogP contribution in [0.25, 0.3) is 0 Å². The number of rotatable bonds is 2. The van der Waals surface area contributed by atoms with Crippen molar-refractivity contribution in [3.05, 3.63) is 29.1 Å². The van der Waals surface area contributed by atoms with Gasteiger partial charge in [0.2, 0.25) is 0 Å². The van der Waals surface area contributed by atoms with Gasteiger partial charge < -0.3 is 4.74 Å². The van der Waals surface area contributed by atoms with Crippen LogP contribution >= 0.6 is 0 Å². The van der Waals surface area contributed by atoms with Gasteiger partial charge in [-0.1, -0.05) is 13.8 Å². The van der Waals surface area contributed by atoms with Crippen LogP contribution in [0.2, 0.25) is 0 Å². The molecule has 1 aliphatic carbocycles. The normalized spacial score (nSPS) is 15.4. The van der Waals surface area contributed by atoms with Crippen molar-refractivity contribution in [1.82, 2.24) is 0 Å². The lowest BCUT2D eigenvalue weighted by Crippen LogP contribution is -2.11. The fourth-order valence-corrected chi connectivity index (χ4v) is 2.07. The van der Waals surface area contributed by atoms with Gasteiger partial charge in [-0.05, 0) is 62.8 Å². The van der Waals surface area contributed by atoms with E-state index in [1.165, 1.54) is 12.8 Å². The van der Waals surface area contributed by atoms with E-state index in [4.69, 9.17) is 4.74 Å². The average molecular weight is 238 g/mol. The summed E-state index contributed by atoms with van der Waals surface area (Å²) in [5, 5.41) is 0.